The third-order valence-corrected chi connectivity index (χ3v) is 7.62. The van der Waals surface area contributed by atoms with Crippen molar-refractivity contribution >= 4 is 27.5 Å². The van der Waals surface area contributed by atoms with Gasteiger partial charge in [0.2, 0.25) is 21.8 Å². The molecule has 2 fully saturated rings. The van der Waals surface area contributed by atoms with E-state index in [0.29, 0.717) is 44.6 Å². The van der Waals surface area contributed by atoms with Crippen LogP contribution < -0.4 is 10.0 Å². The molecule has 0 spiro atoms. The van der Waals surface area contributed by atoms with E-state index in [9.17, 15) is 18.0 Å². The second-order valence-electron chi connectivity index (χ2n) is 8.05. The van der Waals surface area contributed by atoms with Gasteiger partial charge in [-0.25, -0.2) is 8.42 Å². The molecular weight excluding hydrogens is 392 g/mol. The molecule has 0 aromatic heterocycles. The van der Waals surface area contributed by atoms with Gasteiger partial charge in [0, 0.05) is 39.0 Å². The smallest absolute Gasteiger partial charge is 0.244 e. The zero-order valence-electron chi connectivity index (χ0n) is 16.5. The monoisotopic (exact) mass is 420 g/mol. The lowest BCUT2D eigenvalue weighted by Crippen LogP contribution is -2.52. The van der Waals surface area contributed by atoms with Crippen LogP contribution in [0.2, 0.25) is 0 Å². The number of hydrogen-bond donors (Lipinski definition) is 2. The normalized spacial score (nSPS) is 24.3. The Kier molecular flexibility index (Phi) is 5.78. The summed E-state index contributed by atoms with van der Waals surface area (Å²) in [6.07, 6.45) is 3.85. The topological polar surface area (TPSA) is 98.8 Å². The number of carbonyl (C=O) groups is 2. The van der Waals surface area contributed by atoms with Crippen LogP contribution in [0.5, 0.6) is 0 Å². The van der Waals surface area contributed by atoms with Crippen LogP contribution >= 0.6 is 0 Å². The number of benzene rings is 1. The van der Waals surface area contributed by atoms with Gasteiger partial charge >= 0.3 is 0 Å². The molecule has 0 unspecified atom stereocenters. The van der Waals surface area contributed by atoms with Crippen LogP contribution in [0.4, 0.5) is 5.69 Å². The highest BCUT2D eigenvalue weighted by Crippen LogP contribution is 2.30. The highest BCUT2D eigenvalue weighted by atomic mass is 32.2. The molecule has 8 nitrogen and oxygen atoms in total. The van der Waals surface area contributed by atoms with Crippen molar-refractivity contribution in [3.8, 4) is 0 Å². The standard InChI is InChI=1S/C20H28N4O4S/c25-18-7-3-11-23(18)12-4-8-19(26)24-13-9-15(10-14-24)20-21-16-5-1-2-6-17(16)29(27,28)22-20/h1-2,5-6,15,20-22H,3-4,7-14H2/t20-/m0/s1. The quantitative estimate of drug-likeness (QED) is 0.749. The number of likely N-dealkylation sites (tertiary alicyclic amines) is 2. The van der Waals surface area contributed by atoms with Gasteiger partial charge in [0.05, 0.1) is 11.9 Å². The van der Waals surface area contributed by atoms with E-state index in [1.807, 2.05) is 15.9 Å². The summed E-state index contributed by atoms with van der Waals surface area (Å²) in [5, 5.41) is 3.30. The van der Waals surface area contributed by atoms with E-state index in [2.05, 4.69) is 10.0 Å². The third kappa shape index (κ3) is 4.40. The minimum atomic E-state index is -3.52. The first-order valence-electron chi connectivity index (χ1n) is 10.4. The van der Waals surface area contributed by atoms with Crippen LogP contribution in [0.3, 0.4) is 0 Å². The van der Waals surface area contributed by atoms with Crippen LogP contribution in [0.1, 0.15) is 38.5 Å². The lowest BCUT2D eigenvalue weighted by molar-refractivity contribution is -0.133. The zero-order valence-corrected chi connectivity index (χ0v) is 17.3. The van der Waals surface area contributed by atoms with Gasteiger partial charge < -0.3 is 15.1 Å². The molecule has 9 heteroatoms. The number of nitrogens with one attached hydrogen (secondary N) is 2. The molecular formula is C20H28N4O4S. The lowest BCUT2D eigenvalue weighted by Gasteiger charge is -2.39. The summed E-state index contributed by atoms with van der Waals surface area (Å²) in [4.78, 5) is 28.1. The SMILES string of the molecule is O=C1CCCN1CCCC(=O)N1CCC([C@H]2Nc3ccccc3S(=O)(=O)N2)CC1. The maximum absolute atomic E-state index is 12.5. The van der Waals surface area contributed by atoms with Crippen molar-refractivity contribution in [1.82, 2.24) is 14.5 Å². The Bertz CT molecular complexity index is 880. The van der Waals surface area contributed by atoms with E-state index in [0.717, 1.165) is 25.8 Å². The number of anilines is 1. The number of carbonyl (C=O) groups excluding carboxylic acids is 2. The summed E-state index contributed by atoms with van der Waals surface area (Å²) < 4.78 is 27.8. The molecule has 4 rings (SSSR count). The van der Waals surface area contributed by atoms with Gasteiger partial charge in [-0.15, -0.1) is 0 Å². The molecule has 1 atom stereocenters. The Hall–Kier alpha value is -2.13. The predicted molar refractivity (Wildman–Crippen MR) is 109 cm³/mol. The molecule has 0 bridgehead atoms. The van der Waals surface area contributed by atoms with Gasteiger partial charge in [-0.3, -0.25) is 9.59 Å². The van der Waals surface area contributed by atoms with E-state index >= 15 is 0 Å². The van der Waals surface area contributed by atoms with Gasteiger partial charge in [-0.05, 0) is 43.7 Å². The lowest BCUT2D eigenvalue weighted by atomic mass is 9.93. The summed E-state index contributed by atoms with van der Waals surface area (Å²) >= 11 is 0. The number of sulfonamides is 1. The van der Waals surface area contributed by atoms with E-state index in [-0.39, 0.29) is 28.8 Å². The average Bonchev–Trinajstić information content (AvgIpc) is 3.12. The molecule has 158 valence electrons. The molecule has 3 aliphatic heterocycles. The summed E-state index contributed by atoms with van der Waals surface area (Å²) in [6.45, 7) is 2.74. The maximum atomic E-state index is 12.5. The van der Waals surface area contributed by atoms with Gasteiger partial charge in [-0.2, -0.15) is 4.72 Å². The van der Waals surface area contributed by atoms with Gasteiger partial charge in [-0.1, -0.05) is 12.1 Å². The zero-order chi connectivity index (χ0) is 20.4. The van der Waals surface area contributed by atoms with Crippen molar-refractivity contribution in [2.45, 2.75) is 49.6 Å². The number of piperidine rings is 1. The molecule has 3 heterocycles. The van der Waals surface area contributed by atoms with Crippen LogP contribution in [0.25, 0.3) is 0 Å². The van der Waals surface area contributed by atoms with Crippen molar-refractivity contribution in [2.75, 3.05) is 31.5 Å². The molecule has 0 aliphatic carbocycles. The summed E-state index contributed by atoms with van der Waals surface area (Å²) in [5.41, 5.74) is 0.631. The molecule has 29 heavy (non-hydrogen) atoms. The number of nitrogens with zero attached hydrogens (tertiary/aromatic N) is 2. The summed E-state index contributed by atoms with van der Waals surface area (Å²) in [5.74, 6) is 0.448. The Labute approximate surface area is 171 Å². The van der Waals surface area contributed by atoms with Crippen LogP contribution in [-0.2, 0) is 19.6 Å². The molecule has 2 saturated heterocycles. The number of amides is 2. The van der Waals surface area contributed by atoms with Crippen molar-refractivity contribution < 1.29 is 18.0 Å². The Balaban J connectivity index is 1.26. The Morgan fingerprint density at radius 1 is 1.14 bits per heavy atom. The average molecular weight is 421 g/mol. The van der Waals surface area contributed by atoms with Crippen molar-refractivity contribution in [3.05, 3.63) is 24.3 Å². The molecule has 0 saturated carbocycles. The van der Waals surface area contributed by atoms with Crippen molar-refractivity contribution in [3.63, 3.8) is 0 Å². The highest BCUT2D eigenvalue weighted by molar-refractivity contribution is 7.89. The summed E-state index contributed by atoms with van der Waals surface area (Å²) in [7, 11) is -3.52. The molecule has 2 amide bonds. The maximum Gasteiger partial charge on any atom is 0.244 e. The fourth-order valence-electron chi connectivity index (χ4n) is 4.46. The van der Waals surface area contributed by atoms with Crippen molar-refractivity contribution in [1.29, 1.82) is 0 Å². The first kappa shape index (κ1) is 20.2. The van der Waals surface area contributed by atoms with Gasteiger partial charge in [0.15, 0.2) is 0 Å². The second-order valence-corrected chi connectivity index (χ2v) is 9.73. The van der Waals surface area contributed by atoms with E-state index in [4.69, 9.17) is 0 Å². The largest absolute Gasteiger partial charge is 0.368 e. The second kappa shape index (κ2) is 8.31. The number of fused-ring (bicyclic) bond motifs is 1. The van der Waals surface area contributed by atoms with Crippen LogP contribution in [0, 0.1) is 5.92 Å². The van der Waals surface area contributed by atoms with Crippen molar-refractivity contribution in [2.24, 2.45) is 5.92 Å². The first-order chi connectivity index (χ1) is 13.9. The van der Waals surface area contributed by atoms with Crippen LogP contribution in [-0.4, -0.2) is 62.4 Å². The predicted octanol–water partition coefficient (Wildman–Crippen LogP) is 1.36. The number of para-hydroxylation sites is 1. The molecule has 1 aromatic carbocycles. The summed E-state index contributed by atoms with van der Waals surface area (Å²) in [6, 6.07) is 6.91. The minimum Gasteiger partial charge on any atom is -0.368 e. The van der Waals surface area contributed by atoms with Gasteiger partial charge in [0.1, 0.15) is 4.90 Å². The highest BCUT2D eigenvalue weighted by Gasteiger charge is 2.35. The minimum absolute atomic E-state index is 0.123. The van der Waals surface area contributed by atoms with Crippen LogP contribution in [0.15, 0.2) is 29.2 Å². The van der Waals surface area contributed by atoms with E-state index in [1.54, 1.807) is 18.2 Å². The molecule has 2 N–H and O–H groups in total. The number of hydrogen-bond acceptors (Lipinski definition) is 5. The molecule has 3 aliphatic rings. The Morgan fingerprint density at radius 2 is 1.90 bits per heavy atom. The Morgan fingerprint density at radius 3 is 2.62 bits per heavy atom. The van der Waals surface area contributed by atoms with E-state index < -0.39 is 10.0 Å². The third-order valence-electron chi connectivity index (χ3n) is 6.12. The fourth-order valence-corrected chi connectivity index (χ4v) is 5.85. The van der Waals surface area contributed by atoms with Gasteiger partial charge in [0.25, 0.3) is 0 Å². The number of rotatable bonds is 5. The molecule has 1 aromatic rings. The van der Waals surface area contributed by atoms with E-state index in [1.165, 1.54) is 0 Å². The fraction of sp³-hybridized carbons (Fsp3) is 0.600. The molecule has 0 radical (unpaired) electrons. The first-order valence-corrected chi connectivity index (χ1v) is 11.9.